The van der Waals surface area contributed by atoms with Crippen LogP contribution in [0.15, 0.2) is 0 Å². The highest BCUT2D eigenvalue weighted by Crippen LogP contribution is 2.55. The topological polar surface area (TPSA) is 26.0 Å². The molecule has 1 heteroatoms. The van der Waals surface area contributed by atoms with Crippen LogP contribution in [0.4, 0.5) is 0 Å². The van der Waals surface area contributed by atoms with Gasteiger partial charge in [0.05, 0.1) is 0 Å². The summed E-state index contributed by atoms with van der Waals surface area (Å²) in [5.74, 6) is 0. The van der Waals surface area contributed by atoms with E-state index in [-0.39, 0.29) is 5.54 Å². The summed E-state index contributed by atoms with van der Waals surface area (Å²) in [4.78, 5) is 0. The average Bonchev–Trinajstić information content (AvgIpc) is 2.40. The second kappa shape index (κ2) is 1.72. The van der Waals surface area contributed by atoms with Crippen molar-refractivity contribution in [2.45, 2.75) is 45.6 Å². The third-order valence-electron chi connectivity index (χ3n) is 2.90. The van der Waals surface area contributed by atoms with Crippen LogP contribution in [0.2, 0.25) is 0 Å². The molecule has 0 aromatic heterocycles. The van der Waals surface area contributed by atoms with Crippen molar-refractivity contribution in [3.63, 3.8) is 0 Å². The Hall–Kier alpha value is -0.0400. The summed E-state index contributed by atoms with van der Waals surface area (Å²) in [5, 5.41) is 0. The fourth-order valence-corrected chi connectivity index (χ4v) is 1.60. The third kappa shape index (κ3) is 0.983. The highest BCUT2D eigenvalue weighted by atomic mass is 14.8. The van der Waals surface area contributed by atoms with Crippen LogP contribution >= 0.6 is 0 Å². The lowest BCUT2D eigenvalue weighted by atomic mass is 9.83. The van der Waals surface area contributed by atoms with E-state index in [0.29, 0.717) is 5.41 Å². The van der Waals surface area contributed by atoms with Gasteiger partial charge in [-0.25, -0.2) is 0 Å². The van der Waals surface area contributed by atoms with Gasteiger partial charge in [0.2, 0.25) is 0 Å². The van der Waals surface area contributed by atoms with Gasteiger partial charge in [0.15, 0.2) is 0 Å². The standard InChI is InChI=1S/C8H17N/c1-4-8(5-6-8)7(2,3)9/h4-6,9H2,1-3H3. The summed E-state index contributed by atoms with van der Waals surface area (Å²) in [7, 11) is 0. The van der Waals surface area contributed by atoms with E-state index in [1.165, 1.54) is 19.3 Å². The van der Waals surface area contributed by atoms with Crippen LogP contribution in [0.5, 0.6) is 0 Å². The van der Waals surface area contributed by atoms with Crippen molar-refractivity contribution in [3.05, 3.63) is 0 Å². The maximum atomic E-state index is 5.99. The van der Waals surface area contributed by atoms with Crippen molar-refractivity contribution in [2.24, 2.45) is 11.1 Å². The quantitative estimate of drug-likeness (QED) is 0.602. The van der Waals surface area contributed by atoms with Crippen molar-refractivity contribution in [2.75, 3.05) is 0 Å². The Morgan fingerprint density at radius 1 is 1.44 bits per heavy atom. The summed E-state index contributed by atoms with van der Waals surface area (Å²) in [6.45, 7) is 6.52. The predicted molar refractivity (Wildman–Crippen MR) is 40.2 cm³/mol. The van der Waals surface area contributed by atoms with E-state index >= 15 is 0 Å². The summed E-state index contributed by atoms with van der Waals surface area (Å²) in [6.07, 6.45) is 3.93. The monoisotopic (exact) mass is 127 g/mol. The van der Waals surface area contributed by atoms with E-state index < -0.39 is 0 Å². The van der Waals surface area contributed by atoms with Gasteiger partial charge in [-0.05, 0) is 38.5 Å². The predicted octanol–water partition coefficient (Wildman–Crippen LogP) is 1.91. The van der Waals surface area contributed by atoms with Gasteiger partial charge in [0.1, 0.15) is 0 Å². The zero-order valence-electron chi connectivity index (χ0n) is 6.70. The molecule has 1 aliphatic rings. The van der Waals surface area contributed by atoms with Crippen molar-refractivity contribution in [1.82, 2.24) is 0 Å². The first kappa shape index (κ1) is 7.07. The van der Waals surface area contributed by atoms with Crippen molar-refractivity contribution in [1.29, 1.82) is 0 Å². The minimum Gasteiger partial charge on any atom is -0.325 e. The first-order valence-corrected chi connectivity index (χ1v) is 3.81. The summed E-state index contributed by atoms with van der Waals surface area (Å²) in [5.41, 5.74) is 6.55. The summed E-state index contributed by atoms with van der Waals surface area (Å²) in [6, 6.07) is 0. The molecule has 0 saturated heterocycles. The fourth-order valence-electron chi connectivity index (χ4n) is 1.60. The van der Waals surface area contributed by atoms with Crippen LogP contribution in [0.25, 0.3) is 0 Å². The molecule has 9 heavy (non-hydrogen) atoms. The van der Waals surface area contributed by atoms with Crippen LogP contribution < -0.4 is 5.73 Å². The van der Waals surface area contributed by atoms with Crippen LogP contribution in [0.1, 0.15) is 40.0 Å². The summed E-state index contributed by atoms with van der Waals surface area (Å²) >= 11 is 0. The molecule has 0 amide bonds. The van der Waals surface area contributed by atoms with Crippen molar-refractivity contribution in [3.8, 4) is 0 Å². The van der Waals surface area contributed by atoms with Crippen LogP contribution in [0, 0.1) is 5.41 Å². The molecule has 0 atom stereocenters. The second-order valence-electron chi connectivity index (χ2n) is 3.86. The van der Waals surface area contributed by atoms with Gasteiger partial charge >= 0.3 is 0 Å². The SMILES string of the molecule is CCC1(C(C)(C)N)CC1. The molecule has 1 fully saturated rings. The third-order valence-corrected chi connectivity index (χ3v) is 2.90. The maximum Gasteiger partial charge on any atom is 0.0154 e. The lowest BCUT2D eigenvalue weighted by Gasteiger charge is -2.29. The van der Waals surface area contributed by atoms with Gasteiger partial charge in [-0.1, -0.05) is 6.92 Å². The molecule has 0 aromatic carbocycles. The Balaban J connectivity index is 2.60. The maximum absolute atomic E-state index is 5.99. The van der Waals surface area contributed by atoms with E-state index in [0.717, 1.165) is 0 Å². The average molecular weight is 127 g/mol. The first-order chi connectivity index (χ1) is 4.02. The van der Waals surface area contributed by atoms with E-state index in [1.807, 2.05) is 0 Å². The molecule has 0 aromatic rings. The van der Waals surface area contributed by atoms with Crippen LogP contribution in [-0.2, 0) is 0 Å². The lowest BCUT2D eigenvalue weighted by molar-refractivity contribution is 0.286. The Bertz CT molecular complexity index is 106. The number of nitrogens with two attached hydrogens (primary N) is 1. The highest BCUT2D eigenvalue weighted by Gasteiger charge is 2.50. The Morgan fingerprint density at radius 2 is 1.89 bits per heavy atom. The Labute approximate surface area is 57.6 Å². The number of hydrogen-bond donors (Lipinski definition) is 1. The molecule has 1 nitrogen and oxygen atoms in total. The molecule has 0 spiro atoms. The minimum atomic E-state index is 0.0573. The van der Waals surface area contributed by atoms with Gasteiger partial charge in [-0.15, -0.1) is 0 Å². The van der Waals surface area contributed by atoms with E-state index in [9.17, 15) is 0 Å². The minimum absolute atomic E-state index is 0.0573. The first-order valence-electron chi connectivity index (χ1n) is 3.81. The largest absolute Gasteiger partial charge is 0.325 e. The molecule has 1 aliphatic carbocycles. The molecule has 0 bridgehead atoms. The smallest absolute Gasteiger partial charge is 0.0154 e. The van der Waals surface area contributed by atoms with E-state index in [1.54, 1.807) is 0 Å². The van der Waals surface area contributed by atoms with E-state index in [4.69, 9.17) is 5.73 Å². The second-order valence-corrected chi connectivity index (χ2v) is 3.86. The molecule has 1 saturated carbocycles. The molecule has 54 valence electrons. The zero-order chi connectivity index (χ0) is 7.12. The molecule has 0 heterocycles. The van der Waals surface area contributed by atoms with Gasteiger partial charge in [0, 0.05) is 5.54 Å². The number of rotatable bonds is 2. The van der Waals surface area contributed by atoms with Crippen molar-refractivity contribution >= 4 is 0 Å². The molecule has 0 unspecified atom stereocenters. The normalized spacial score (nSPS) is 24.0. The van der Waals surface area contributed by atoms with Gasteiger partial charge in [-0.2, -0.15) is 0 Å². The molecular weight excluding hydrogens is 110 g/mol. The highest BCUT2D eigenvalue weighted by molar-refractivity contribution is 5.05. The zero-order valence-corrected chi connectivity index (χ0v) is 6.70. The van der Waals surface area contributed by atoms with E-state index in [2.05, 4.69) is 20.8 Å². The number of hydrogen-bond acceptors (Lipinski definition) is 1. The van der Waals surface area contributed by atoms with Gasteiger partial charge in [0.25, 0.3) is 0 Å². The fraction of sp³-hybridized carbons (Fsp3) is 1.00. The van der Waals surface area contributed by atoms with Crippen molar-refractivity contribution < 1.29 is 0 Å². The molecular formula is C8H17N. The molecule has 0 radical (unpaired) electrons. The lowest BCUT2D eigenvalue weighted by Crippen LogP contribution is -2.42. The molecule has 0 aliphatic heterocycles. The van der Waals surface area contributed by atoms with Crippen LogP contribution in [0.3, 0.4) is 0 Å². The Morgan fingerprint density at radius 3 is 1.89 bits per heavy atom. The summed E-state index contributed by atoms with van der Waals surface area (Å²) < 4.78 is 0. The molecule has 1 rings (SSSR count). The Kier molecular flexibility index (Phi) is 1.35. The molecule has 2 N–H and O–H groups in total. The van der Waals surface area contributed by atoms with Gasteiger partial charge < -0.3 is 5.73 Å². The van der Waals surface area contributed by atoms with Crippen LogP contribution in [-0.4, -0.2) is 5.54 Å². The van der Waals surface area contributed by atoms with Gasteiger partial charge in [-0.3, -0.25) is 0 Å².